The summed E-state index contributed by atoms with van der Waals surface area (Å²) in [6.45, 7) is -0.378. The minimum absolute atomic E-state index is 0.136. The van der Waals surface area contributed by atoms with E-state index in [0.717, 1.165) is 12.1 Å². The molecule has 6 nitrogen and oxygen atoms in total. The van der Waals surface area contributed by atoms with Gasteiger partial charge in [-0.15, -0.1) is 0 Å². The van der Waals surface area contributed by atoms with E-state index in [9.17, 15) is 18.4 Å². The van der Waals surface area contributed by atoms with E-state index in [0.29, 0.717) is 16.5 Å². The van der Waals surface area contributed by atoms with Crippen molar-refractivity contribution in [2.75, 3.05) is 37.9 Å². The SMILES string of the molecule is COc1ccc(Cl)cc1NC(=O)CN(C)CC(=O)Nc1c(F)cccc1F. The van der Waals surface area contributed by atoms with Crippen molar-refractivity contribution in [2.45, 2.75) is 0 Å². The third kappa shape index (κ3) is 5.90. The predicted molar refractivity (Wildman–Crippen MR) is 99.1 cm³/mol. The van der Waals surface area contributed by atoms with Crippen LogP contribution in [0.1, 0.15) is 0 Å². The van der Waals surface area contributed by atoms with E-state index in [-0.39, 0.29) is 13.1 Å². The fourth-order valence-electron chi connectivity index (χ4n) is 2.31. The standard InChI is InChI=1S/C18H18ClF2N3O3/c1-24(10-17(26)23-18-12(20)4-3-5-13(18)21)9-16(25)22-14-8-11(19)6-7-15(14)27-2/h3-8H,9-10H2,1-2H3,(H,22,25)(H,23,26). The van der Waals surface area contributed by atoms with E-state index < -0.39 is 29.1 Å². The lowest BCUT2D eigenvalue weighted by Crippen LogP contribution is -2.36. The highest BCUT2D eigenvalue weighted by atomic mass is 35.5. The first-order chi connectivity index (χ1) is 12.8. The zero-order valence-electron chi connectivity index (χ0n) is 14.7. The van der Waals surface area contributed by atoms with Crippen molar-refractivity contribution in [1.82, 2.24) is 4.90 Å². The van der Waals surface area contributed by atoms with Gasteiger partial charge in [0.2, 0.25) is 11.8 Å². The second kappa shape index (κ2) is 9.29. The van der Waals surface area contributed by atoms with Crippen molar-refractivity contribution in [3.8, 4) is 5.75 Å². The number of methoxy groups -OCH3 is 1. The van der Waals surface area contributed by atoms with Gasteiger partial charge in [0.25, 0.3) is 0 Å². The van der Waals surface area contributed by atoms with Gasteiger partial charge in [-0.1, -0.05) is 17.7 Å². The summed E-state index contributed by atoms with van der Waals surface area (Å²) in [6, 6.07) is 8.03. The van der Waals surface area contributed by atoms with Crippen molar-refractivity contribution >= 4 is 34.8 Å². The van der Waals surface area contributed by atoms with Gasteiger partial charge >= 0.3 is 0 Å². The van der Waals surface area contributed by atoms with Gasteiger partial charge in [0.15, 0.2) is 0 Å². The average Bonchev–Trinajstić information content (AvgIpc) is 2.58. The Hall–Kier alpha value is -2.71. The molecule has 144 valence electrons. The van der Waals surface area contributed by atoms with E-state index in [2.05, 4.69) is 10.6 Å². The first-order valence-corrected chi connectivity index (χ1v) is 8.23. The Bertz CT molecular complexity index is 828. The number of carbonyl (C=O) groups is 2. The lowest BCUT2D eigenvalue weighted by Gasteiger charge is -2.17. The molecule has 0 radical (unpaired) electrons. The van der Waals surface area contributed by atoms with Gasteiger partial charge in [0.1, 0.15) is 23.1 Å². The summed E-state index contributed by atoms with van der Waals surface area (Å²) in [6.07, 6.45) is 0. The molecular weight excluding hydrogens is 380 g/mol. The Morgan fingerprint density at radius 2 is 1.67 bits per heavy atom. The number of nitrogens with one attached hydrogen (secondary N) is 2. The molecule has 0 fully saturated rings. The number of amides is 2. The Morgan fingerprint density at radius 1 is 1.07 bits per heavy atom. The molecule has 2 rings (SSSR count). The highest BCUT2D eigenvalue weighted by Gasteiger charge is 2.16. The number of likely N-dealkylation sites (N-methyl/N-ethyl adjacent to an activating group) is 1. The third-order valence-electron chi connectivity index (χ3n) is 3.49. The van der Waals surface area contributed by atoms with Crippen LogP contribution in [0.2, 0.25) is 5.02 Å². The van der Waals surface area contributed by atoms with Gasteiger partial charge in [-0.3, -0.25) is 14.5 Å². The van der Waals surface area contributed by atoms with E-state index in [1.807, 2.05) is 0 Å². The predicted octanol–water partition coefficient (Wildman–Crippen LogP) is 3.14. The van der Waals surface area contributed by atoms with Crippen LogP contribution >= 0.6 is 11.6 Å². The van der Waals surface area contributed by atoms with Crippen LogP contribution in [0.5, 0.6) is 5.75 Å². The van der Waals surface area contributed by atoms with Crippen LogP contribution in [-0.4, -0.2) is 44.0 Å². The topological polar surface area (TPSA) is 70.7 Å². The molecule has 0 aliphatic heterocycles. The van der Waals surface area contributed by atoms with Crippen molar-refractivity contribution in [3.63, 3.8) is 0 Å². The molecule has 0 aliphatic carbocycles. The van der Waals surface area contributed by atoms with Crippen LogP contribution in [-0.2, 0) is 9.59 Å². The summed E-state index contributed by atoms with van der Waals surface area (Å²) in [7, 11) is 2.98. The van der Waals surface area contributed by atoms with Crippen molar-refractivity contribution < 1.29 is 23.1 Å². The zero-order valence-corrected chi connectivity index (χ0v) is 15.4. The Kier molecular flexibility index (Phi) is 7.09. The van der Waals surface area contributed by atoms with Gasteiger partial charge < -0.3 is 15.4 Å². The van der Waals surface area contributed by atoms with Crippen molar-refractivity contribution in [3.05, 3.63) is 53.1 Å². The Labute approximate surface area is 160 Å². The number of halogens is 3. The van der Waals surface area contributed by atoms with E-state index in [1.54, 1.807) is 12.1 Å². The van der Waals surface area contributed by atoms with Gasteiger partial charge in [0, 0.05) is 5.02 Å². The molecule has 9 heteroatoms. The van der Waals surface area contributed by atoms with E-state index in [4.69, 9.17) is 16.3 Å². The van der Waals surface area contributed by atoms with Crippen LogP contribution in [0, 0.1) is 11.6 Å². The fraction of sp³-hybridized carbons (Fsp3) is 0.222. The van der Waals surface area contributed by atoms with Gasteiger partial charge in [-0.25, -0.2) is 8.78 Å². The zero-order chi connectivity index (χ0) is 20.0. The summed E-state index contributed by atoms with van der Waals surface area (Å²) >= 11 is 5.90. The first kappa shape index (κ1) is 20.6. The number of para-hydroxylation sites is 1. The van der Waals surface area contributed by atoms with Gasteiger partial charge in [0.05, 0.1) is 25.9 Å². The maximum Gasteiger partial charge on any atom is 0.238 e. The molecule has 0 aromatic heterocycles. The largest absolute Gasteiger partial charge is 0.495 e. The molecule has 0 saturated heterocycles. The average molecular weight is 398 g/mol. The van der Waals surface area contributed by atoms with Crippen LogP contribution in [0.15, 0.2) is 36.4 Å². The van der Waals surface area contributed by atoms with Gasteiger partial charge in [-0.2, -0.15) is 0 Å². The molecule has 0 aliphatic rings. The number of benzene rings is 2. The molecule has 0 unspecified atom stereocenters. The van der Waals surface area contributed by atoms with Crippen LogP contribution in [0.4, 0.5) is 20.2 Å². The third-order valence-corrected chi connectivity index (χ3v) is 3.72. The summed E-state index contributed by atoms with van der Waals surface area (Å²) in [5.41, 5.74) is -0.134. The van der Waals surface area contributed by atoms with E-state index in [1.165, 1.54) is 31.2 Å². The molecule has 0 heterocycles. The highest BCUT2D eigenvalue weighted by Crippen LogP contribution is 2.27. The summed E-state index contributed by atoms with van der Waals surface area (Å²) < 4.78 is 32.2. The fourth-order valence-corrected chi connectivity index (χ4v) is 2.48. The van der Waals surface area contributed by atoms with Gasteiger partial charge in [-0.05, 0) is 37.4 Å². The lowest BCUT2D eigenvalue weighted by atomic mass is 10.3. The summed E-state index contributed by atoms with van der Waals surface area (Å²) in [4.78, 5) is 25.5. The quantitative estimate of drug-likeness (QED) is 0.753. The summed E-state index contributed by atoms with van der Waals surface area (Å²) in [5, 5.41) is 5.21. The number of ether oxygens (including phenoxy) is 1. The smallest absolute Gasteiger partial charge is 0.238 e. The lowest BCUT2D eigenvalue weighted by molar-refractivity contribution is -0.119. The number of nitrogens with zero attached hydrogens (tertiary/aromatic N) is 1. The molecule has 0 spiro atoms. The normalized spacial score (nSPS) is 10.6. The maximum absolute atomic E-state index is 13.5. The summed E-state index contributed by atoms with van der Waals surface area (Å²) in [5.74, 6) is -2.39. The maximum atomic E-state index is 13.5. The van der Waals surface area contributed by atoms with Crippen molar-refractivity contribution in [1.29, 1.82) is 0 Å². The molecule has 0 atom stereocenters. The molecule has 2 aromatic carbocycles. The molecule has 2 amide bonds. The number of rotatable bonds is 7. The number of hydrogen-bond acceptors (Lipinski definition) is 4. The number of carbonyl (C=O) groups excluding carboxylic acids is 2. The van der Waals surface area contributed by atoms with Crippen LogP contribution in [0.25, 0.3) is 0 Å². The molecule has 2 N–H and O–H groups in total. The monoisotopic (exact) mass is 397 g/mol. The Balaban J connectivity index is 1.91. The van der Waals surface area contributed by atoms with E-state index >= 15 is 0 Å². The van der Waals surface area contributed by atoms with Crippen LogP contribution < -0.4 is 15.4 Å². The number of anilines is 2. The minimum atomic E-state index is -0.878. The Morgan fingerprint density at radius 3 is 2.26 bits per heavy atom. The second-order valence-electron chi connectivity index (χ2n) is 5.71. The highest BCUT2D eigenvalue weighted by molar-refractivity contribution is 6.31. The first-order valence-electron chi connectivity index (χ1n) is 7.86. The van der Waals surface area contributed by atoms with Crippen LogP contribution in [0.3, 0.4) is 0 Å². The molecule has 27 heavy (non-hydrogen) atoms. The molecule has 0 saturated carbocycles. The number of hydrogen-bond donors (Lipinski definition) is 2. The molecule has 2 aromatic rings. The molecule has 0 bridgehead atoms. The second-order valence-corrected chi connectivity index (χ2v) is 6.15. The molecular formula is C18H18ClF2N3O3. The minimum Gasteiger partial charge on any atom is -0.495 e. The van der Waals surface area contributed by atoms with Crippen molar-refractivity contribution in [2.24, 2.45) is 0 Å².